The molecule has 2 rings (SSSR count). The average molecular weight is 285 g/mol. The highest BCUT2D eigenvalue weighted by Crippen LogP contribution is 2.17. The van der Waals surface area contributed by atoms with Gasteiger partial charge in [-0.3, -0.25) is 9.59 Å². The summed E-state index contributed by atoms with van der Waals surface area (Å²) in [5.41, 5.74) is 6.98. The highest BCUT2D eigenvalue weighted by molar-refractivity contribution is 6.05. The molecule has 0 radical (unpaired) electrons. The van der Waals surface area contributed by atoms with E-state index in [1.807, 2.05) is 0 Å². The Balaban J connectivity index is 2.12. The van der Waals surface area contributed by atoms with Crippen molar-refractivity contribution in [3.63, 3.8) is 0 Å². The van der Waals surface area contributed by atoms with Crippen LogP contribution in [0.5, 0.6) is 0 Å². The molecule has 2 aromatic rings. The van der Waals surface area contributed by atoms with Crippen molar-refractivity contribution in [2.24, 2.45) is 0 Å². The summed E-state index contributed by atoms with van der Waals surface area (Å²) in [4.78, 5) is 32.5. The molecule has 0 bridgehead atoms. The molecule has 0 aliphatic carbocycles. The van der Waals surface area contributed by atoms with Crippen molar-refractivity contribution in [1.29, 1.82) is 0 Å². The Bertz CT molecular complexity index is 669. The van der Waals surface area contributed by atoms with E-state index in [0.29, 0.717) is 5.69 Å². The molecule has 108 valence electrons. The second kappa shape index (κ2) is 6.00. The third-order valence-electron chi connectivity index (χ3n) is 2.93. The zero-order chi connectivity index (χ0) is 15.4. The van der Waals surface area contributed by atoms with Gasteiger partial charge in [-0.05, 0) is 24.3 Å². The predicted molar refractivity (Wildman–Crippen MR) is 79.9 cm³/mol. The van der Waals surface area contributed by atoms with Crippen LogP contribution in [0, 0.1) is 0 Å². The number of hydrogen-bond acceptors (Lipinski definition) is 5. The van der Waals surface area contributed by atoms with Crippen molar-refractivity contribution in [3.8, 4) is 0 Å². The number of rotatable bonds is 3. The number of carbonyl (C=O) groups is 2. The van der Waals surface area contributed by atoms with Gasteiger partial charge in [0.1, 0.15) is 0 Å². The molecule has 0 fully saturated rings. The molecule has 3 N–H and O–H groups in total. The van der Waals surface area contributed by atoms with Gasteiger partial charge < -0.3 is 16.0 Å². The standard InChI is InChI=1S/C14H15N5O2/c1-9(20)19(2)11-5-3-10(4-6-11)18-14(21)12-13(15)17-8-7-16-12/h3-8H,1-2H3,(H2,15,17)(H,18,21). The molecule has 0 spiro atoms. The van der Waals surface area contributed by atoms with Crippen LogP contribution in [-0.2, 0) is 4.79 Å². The molecule has 0 aliphatic heterocycles. The first kappa shape index (κ1) is 14.4. The zero-order valence-electron chi connectivity index (χ0n) is 11.7. The van der Waals surface area contributed by atoms with E-state index in [1.165, 1.54) is 24.2 Å². The number of hydrogen-bond donors (Lipinski definition) is 2. The molecule has 1 aromatic carbocycles. The molecule has 0 saturated carbocycles. The summed E-state index contributed by atoms with van der Waals surface area (Å²) in [7, 11) is 1.68. The minimum atomic E-state index is -0.437. The van der Waals surface area contributed by atoms with E-state index in [1.54, 1.807) is 31.3 Å². The number of anilines is 3. The van der Waals surface area contributed by atoms with Gasteiger partial charge >= 0.3 is 0 Å². The third kappa shape index (κ3) is 3.33. The fourth-order valence-electron chi connectivity index (χ4n) is 1.66. The molecule has 2 amide bonds. The number of aromatic nitrogens is 2. The highest BCUT2D eigenvalue weighted by Gasteiger charge is 2.12. The number of nitrogens with one attached hydrogen (secondary N) is 1. The van der Waals surface area contributed by atoms with Gasteiger partial charge in [-0.25, -0.2) is 9.97 Å². The fraction of sp³-hybridized carbons (Fsp3) is 0.143. The molecule has 1 aromatic heterocycles. The van der Waals surface area contributed by atoms with Gasteiger partial charge in [-0.1, -0.05) is 0 Å². The first-order valence-corrected chi connectivity index (χ1v) is 6.21. The predicted octanol–water partition coefficient (Wildman–Crippen LogP) is 1.29. The minimum Gasteiger partial charge on any atom is -0.382 e. The molecule has 0 unspecified atom stereocenters. The third-order valence-corrected chi connectivity index (χ3v) is 2.93. The quantitative estimate of drug-likeness (QED) is 0.885. The first-order valence-electron chi connectivity index (χ1n) is 6.21. The smallest absolute Gasteiger partial charge is 0.278 e. The van der Waals surface area contributed by atoms with Crippen LogP contribution < -0.4 is 16.0 Å². The number of benzene rings is 1. The van der Waals surface area contributed by atoms with Crippen molar-refractivity contribution < 1.29 is 9.59 Å². The van der Waals surface area contributed by atoms with Gasteiger partial charge in [0, 0.05) is 37.7 Å². The van der Waals surface area contributed by atoms with Crippen molar-refractivity contribution in [1.82, 2.24) is 9.97 Å². The van der Waals surface area contributed by atoms with Crippen molar-refractivity contribution in [3.05, 3.63) is 42.4 Å². The van der Waals surface area contributed by atoms with Gasteiger partial charge in [0.15, 0.2) is 11.5 Å². The Kier molecular flexibility index (Phi) is 4.13. The van der Waals surface area contributed by atoms with Crippen LogP contribution in [0.15, 0.2) is 36.7 Å². The summed E-state index contributed by atoms with van der Waals surface area (Å²) >= 11 is 0. The Labute approximate surface area is 121 Å². The molecule has 7 heteroatoms. The number of nitrogens with two attached hydrogens (primary N) is 1. The van der Waals surface area contributed by atoms with Crippen LogP contribution in [0.25, 0.3) is 0 Å². The SMILES string of the molecule is CC(=O)N(C)c1ccc(NC(=O)c2nccnc2N)cc1. The van der Waals surface area contributed by atoms with Crippen molar-refractivity contribution in [2.75, 3.05) is 23.0 Å². The summed E-state index contributed by atoms with van der Waals surface area (Å²) in [6.45, 7) is 1.48. The maximum Gasteiger partial charge on any atom is 0.278 e. The Morgan fingerprint density at radius 1 is 1.14 bits per heavy atom. The van der Waals surface area contributed by atoms with Gasteiger partial charge in [-0.2, -0.15) is 0 Å². The number of carbonyl (C=O) groups excluding carboxylic acids is 2. The Morgan fingerprint density at radius 2 is 1.76 bits per heavy atom. The van der Waals surface area contributed by atoms with Gasteiger partial charge in [0.05, 0.1) is 0 Å². The van der Waals surface area contributed by atoms with Crippen LogP contribution in [0.1, 0.15) is 17.4 Å². The topological polar surface area (TPSA) is 101 Å². The lowest BCUT2D eigenvalue weighted by atomic mass is 10.2. The van der Waals surface area contributed by atoms with Crippen LogP contribution in [0.3, 0.4) is 0 Å². The summed E-state index contributed by atoms with van der Waals surface area (Å²) in [6, 6.07) is 6.85. The van der Waals surface area contributed by atoms with Crippen LogP contribution in [0.2, 0.25) is 0 Å². The van der Waals surface area contributed by atoms with E-state index in [-0.39, 0.29) is 17.4 Å². The maximum absolute atomic E-state index is 12.0. The molecular weight excluding hydrogens is 270 g/mol. The maximum atomic E-state index is 12.0. The summed E-state index contributed by atoms with van der Waals surface area (Å²) in [5, 5.41) is 2.67. The van der Waals surface area contributed by atoms with Gasteiger partial charge in [-0.15, -0.1) is 0 Å². The van der Waals surface area contributed by atoms with Crippen molar-refractivity contribution >= 4 is 29.0 Å². The lowest BCUT2D eigenvalue weighted by Gasteiger charge is -2.15. The molecule has 0 saturated heterocycles. The largest absolute Gasteiger partial charge is 0.382 e. The summed E-state index contributed by atoms with van der Waals surface area (Å²) in [5.74, 6) is -0.435. The Morgan fingerprint density at radius 3 is 2.33 bits per heavy atom. The summed E-state index contributed by atoms with van der Waals surface area (Å²) in [6.07, 6.45) is 2.81. The molecule has 7 nitrogen and oxygen atoms in total. The Hall–Kier alpha value is -2.96. The summed E-state index contributed by atoms with van der Waals surface area (Å²) < 4.78 is 0. The van der Waals surface area contributed by atoms with Crippen molar-refractivity contribution in [2.45, 2.75) is 6.92 Å². The lowest BCUT2D eigenvalue weighted by Crippen LogP contribution is -2.22. The number of nitrogens with zero attached hydrogens (tertiary/aromatic N) is 3. The average Bonchev–Trinajstić information content (AvgIpc) is 2.47. The van der Waals surface area contributed by atoms with Crippen LogP contribution >= 0.6 is 0 Å². The van der Waals surface area contributed by atoms with Crippen LogP contribution in [-0.4, -0.2) is 28.8 Å². The van der Waals surface area contributed by atoms with E-state index in [0.717, 1.165) is 5.69 Å². The van der Waals surface area contributed by atoms with E-state index in [2.05, 4.69) is 15.3 Å². The second-order valence-electron chi connectivity index (χ2n) is 4.37. The molecule has 0 atom stereocenters. The van der Waals surface area contributed by atoms with E-state index in [9.17, 15) is 9.59 Å². The second-order valence-corrected chi connectivity index (χ2v) is 4.37. The molecule has 1 heterocycles. The molecule has 0 aliphatic rings. The normalized spacial score (nSPS) is 10.0. The van der Waals surface area contributed by atoms with Crippen LogP contribution in [0.4, 0.5) is 17.2 Å². The lowest BCUT2D eigenvalue weighted by molar-refractivity contribution is -0.116. The minimum absolute atomic E-state index is 0.0703. The van der Waals surface area contributed by atoms with Gasteiger partial charge in [0.25, 0.3) is 5.91 Å². The van der Waals surface area contributed by atoms with E-state index >= 15 is 0 Å². The van der Waals surface area contributed by atoms with Gasteiger partial charge in [0.2, 0.25) is 5.91 Å². The molecule has 21 heavy (non-hydrogen) atoms. The van der Waals surface area contributed by atoms with E-state index < -0.39 is 5.91 Å². The zero-order valence-corrected chi connectivity index (χ0v) is 11.7. The molecular formula is C14H15N5O2. The number of nitrogen functional groups attached to an aromatic ring is 1. The monoisotopic (exact) mass is 285 g/mol. The highest BCUT2D eigenvalue weighted by atomic mass is 16.2. The fourth-order valence-corrected chi connectivity index (χ4v) is 1.66. The number of amides is 2. The van der Waals surface area contributed by atoms with E-state index in [4.69, 9.17) is 5.73 Å². The first-order chi connectivity index (χ1) is 9.99.